The van der Waals surface area contributed by atoms with Crippen LogP contribution in [0.25, 0.3) is 93.6 Å². The third-order valence-corrected chi connectivity index (χ3v) is 11.1. The first-order chi connectivity index (χ1) is 27.2. The van der Waals surface area contributed by atoms with Gasteiger partial charge in [0, 0.05) is 38.0 Å². The van der Waals surface area contributed by atoms with E-state index in [0.717, 1.165) is 71.8 Å². The third-order valence-electron chi connectivity index (χ3n) is 11.1. The zero-order valence-electron chi connectivity index (χ0n) is 29.5. The maximum absolute atomic E-state index is 10.6. The second-order valence-corrected chi connectivity index (χ2v) is 14.0. The highest BCUT2D eigenvalue weighted by Gasteiger charge is 2.22. The molecule has 0 spiro atoms. The van der Waals surface area contributed by atoms with Crippen LogP contribution in [0.4, 0.5) is 0 Å². The Kier molecular flexibility index (Phi) is 6.61. The quantitative estimate of drug-likeness (QED) is 0.184. The van der Waals surface area contributed by atoms with Crippen molar-refractivity contribution in [1.29, 1.82) is 10.5 Å². The molecule has 0 aliphatic carbocycles. The van der Waals surface area contributed by atoms with Crippen LogP contribution in [0, 0.1) is 22.7 Å². The smallest absolute Gasteiger partial charge is 0.101 e. The normalized spacial score (nSPS) is 11.6. The summed E-state index contributed by atoms with van der Waals surface area (Å²) in [6, 6.07) is 66.0. The van der Waals surface area contributed by atoms with Crippen LogP contribution in [0.5, 0.6) is 0 Å². The summed E-state index contributed by atoms with van der Waals surface area (Å²) in [5.41, 5.74) is 12.6. The minimum Gasteiger partial charge on any atom is -0.309 e. The van der Waals surface area contributed by atoms with Crippen molar-refractivity contribution in [2.24, 2.45) is 0 Å². The van der Waals surface area contributed by atoms with Crippen molar-refractivity contribution in [3.05, 3.63) is 187 Å². The van der Waals surface area contributed by atoms with Gasteiger partial charge in [-0.1, -0.05) is 103 Å². The van der Waals surface area contributed by atoms with E-state index in [1.807, 2.05) is 36.4 Å². The van der Waals surface area contributed by atoms with Gasteiger partial charge >= 0.3 is 0 Å². The number of benzene rings is 8. The first-order valence-electron chi connectivity index (χ1n) is 18.3. The summed E-state index contributed by atoms with van der Waals surface area (Å²) < 4.78 is 6.89. The van der Waals surface area contributed by atoms with E-state index in [2.05, 4.69) is 165 Å². The van der Waals surface area contributed by atoms with Crippen LogP contribution < -0.4 is 0 Å². The number of nitrogens with zero attached hydrogens (tertiary/aromatic N) is 5. The number of para-hydroxylation sites is 5. The van der Waals surface area contributed by atoms with E-state index in [1.54, 1.807) is 0 Å². The molecule has 8 aromatic carbocycles. The largest absolute Gasteiger partial charge is 0.309 e. The molecule has 0 fully saturated rings. The van der Waals surface area contributed by atoms with Crippen LogP contribution in [0.15, 0.2) is 176 Å². The molecule has 55 heavy (non-hydrogen) atoms. The molecular formula is C50H29N5. The monoisotopic (exact) mass is 699 g/mol. The summed E-state index contributed by atoms with van der Waals surface area (Å²) in [5.74, 6) is 0. The van der Waals surface area contributed by atoms with E-state index in [1.165, 1.54) is 21.8 Å². The number of hydrogen-bond donors (Lipinski definition) is 0. The number of hydrogen-bond acceptors (Lipinski definition) is 2. The van der Waals surface area contributed by atoms with Gasteiger partial charge in [-0.3, -0.25) is 0 Å². The maximum Gasteiger partial charge on any atom is 0.101 e. The predicted molar refractivity (Wildman–Crippen MR) is 224 cm³/mol. The molecule has 0 unspecified atom stereocenters. The van der Waals surface area contributed by atoms with Gasteiger partial charge in [-0.25, -0.2) is 0 Å². The molecule has 5 nitrogen and oxygen atoms in total. The summed E-state index contributed by atoms with van der Waals surface area (Å²) in [6.45, 7) is 0. The second-order valence-electron chi connectivity index (χ2n) is 14.0. The first-order valence-corrected chi connectivity index (χ1v) is 18.3. The van der Waals surface area contributed by atoms with E-state index in [9.17, 15) is 10.5 Å². The van der Waals surface area contributed by atoms with Crippen LogP contribution in [-0.4, -0.2) is 13.7 Å². The molecule has 5 heteroatoms. The van der Waals surface area contributed by atoms with Gasteiger partial charge < -0.3 is 13.7 Å². The minimum atomic E-state index is 0.587. The van der Waals surface area contributed by atoms with Crippen LogP contribution >= 0.6 is 0 Å². The molecule has 0 saturated carbocycles. The third kappa shape index (κ3) is 4.45. The Hall–Kier alpha value is -7.86. The van der Waals surface area contributed by atoms with Gasteiger partial charge in [-0.05, 0) is 83.9 Å². The van der Waals surface area contributed by atoms with E-state index < -0.39 is 0 Å². The number of fused-ring (bicyclic) bond motifs is 9. The van der Waals surface area contributed by atoms with E-state index in [4.69, 9.17) is 0 Å². The van der Waals surface area contributed by atoms with Crippen molar-refractivity contribution in [2.75, 3.05) is 0 Å². The SMILES string of the molecule is N#Cc1ccc2c(c1)c1ccccc1n2-c1cccc2c3ccccc3n(-c3cc(-c4ccc(-n5c6ccccc6c6ccccc65)cc4)ccc3C#N)c12. The van der Waals surface area contributed by atoms with E-state index in [-0.39, 0.29) is 0 Å². The van der Waals surface area contributed by atoms with Crippen molar-refractivity contribution >= 4 is 65.4 Å². The Balaban J connectivity index is 1.14. The van der Waals surface area contributed by atoms with Crippen molar-refractivity contribution in [3.8, 4) is 40.3 Å². The molecule has 3 aromatic heterocycles. The van der Waals surface area contributed by atoms with Gasteiger partial charge in [0.25, 0.3) is 0 Å². The highest BCUT2D eigenvalue weighted by Crippen LogP contribution is 2.41. The summed E-state index contributed by atoms with van der Waals surface area (Å²) in [7, 11) is 0. The van der Waals surface area contributed by atoms with Gasteiger partial charge in [0.1, 0.15) is 6.07 Å². The Morgan fingerprint density at radius 1 is 0.345 bits per heavy atom. The number of nitriles is 2. The first kappa shape index (κ1) is 30.7. The molecule has 0 aliphatic heterocycles. The second kappa shape index (κ2) is 11.8. The highest BCUT2D eigenvalue weighted by molar-refractivity contribution is 6.15. The molecule has 0 N–H and O–H groups in total. The summed E-state index contributed by atoms with van der Waals surface area (Å²) in [4.78, 5) is 0. The maximum atomic E-state index is 10.6. The molecule has 3 heterocycles. The lowest BCUT2D eigenvalue weighted by atomic mass is 10.0. The van der Waals surface area contributed by atoms with Gasteiger partial charge in [0.05, 0.1) is 61.7 Å². The molecule has 0 amide bonds. The van der Waals surface area contributed by atoms with E-state index >= 15 is 0 Å². The van der Waals surface area contributed by atoms with Gasteiger partial charge in [0.15, 0.2) is 0 Å². The number of rotatable bonds is 4. The van der Waals surface area contributed by atoms with Crippen LogP contribution in [0.1, 0.15) is 11.1 Å². The van der Waals surface area contributed by atoms with Crippen molar-refractivity contribution in [1.82, 2.24) is 13.7 Å². The van der Waals surface area contributed by atoms with Gasteiger partial charge in [-0.15, -0.1) is 0 Å². The molecule has 11 rings (SSSR count). The average Bonchev–Trinajstić information content (AvgIpc) is 3.89. The fraction of sp³-hybridized carbons (Fsp3) is 0. The summed E-state index contributed by atoms with van der Waals surface area (Å²) in [5, 5.41) is 27.2. The molecule has 0 bridgehead atoms. The zero-order chi connectivity index (χ0) is 36.6. The Morgan fingerprint density at radius 2 is 0.873 bits per heavy atom. The lowest BCUT2D eigenvalue weighted by Crippen LogP contribution is -2.02. The molecular weight excluding hydrogens is 671 g/mol. The fourth-order valence-corrected chi connectivity index (χ4v) is 8.73. The Labute approximate surface area is 316 Å². The van der Waals surface area contributed by atoms with Crippen LogP contribution in [0.2, 0.25) is 0 Å². The van der Waals surface area contributed by atoms with Gasteiger partial charge in [-0.2, -0.15) is 10.5 Å². The standard InChI is InChI=1S/C50H29N5/c51-30-32-20-27-47-42(28-32)40-13-4-7-17-45(40)54(47)48-19-9-14-41-39-12-3-8-18-46(39)55(50(41)48)49-29-34(21-22-35(49)31-52)33-23-25-36(26-24-33)53-43-15-5-1-10-37(43)38-11-2-6-16-44(38)53/h1-29H. The van der Waals surface area contributed by atoms with Crippen molar-refractivity contribution in [3.63, 3.8) is 0 Å². The summed E-state index contributed by atoms with van der Waals surface area (Å²) in [6.07, 6.45) is 0. The minimum absolute atomic E-state index is 0.587. The highest BCUT2D eigenvalue weighted by atomic mass is 15.1. The van der Waals surface area contributed by atoms with Crippen LogP contribution in [0.3, 0.4) is 0 Å². The predicted octanol–water partition coefficient (Wildman–Crippen LogP) is 12.4. The van der Waals surface area contributed by atoms with E-state index in [0.29, 0.717) is 11.1 Å². The number of aromatic nitrogens is 3. The van der Waals surface area contributed by atoms with Crippen molar-refractivity contribution in [2.45, 2.75) is 0 Å². The molecule has 11 aromatic rings. The molecule has 0 aliphatic rings. The molecule has 0 saturated heterocycles. The molecule has 0 radical (unpaired) electrons. The van der Waals surface area contributed by atoms with Crippen molar-refractivity contribution < 1.29 is 0 Å². The topological polar surface area (TPSA) is 62.4 Å². The molecule has 0 atom stereocenters. The lowest BCUT2D eigenvalue weighted by molar-refractivity contribution is 1.12. The fourth-order valence-electron chi connectivity index (χ4n) is 8.73. The lowest BCUT2D eigenvalue weighted by Gasteiger charge is -2.16. The zero-order valence-corrected chi connectivity index (χ0v) is 29.5. The summed E-state index contributed by atoms with van der Waals surface area (Å²) >= 11 is 0. The molecule has 254 valence electrons. The van der Waals surface area contributed by atoms with Crippen LogP contribution in [-0.2, 0) is 0 Å². The Morgan fingerprint density at radius 3 is 1.51 bits per heavy atom. The average molecular weight is 700 g/mol. The van der Waals surface area contributed by atoms with Gasteiger partial charge in [0.2, 0.25) is 0 Å². The Bertz CT molecular complexity index is 3400.